The van der Waals surface area contributed by atoms with Crippen LogP contribution in [0.1, 0.15) is 43.4 Å². The van der Waals surface area contributed by atoms with Gasteiger partial charge in [-0.2, -0.15) is 0 Å². The minimum absolute atomic E-state index is 0.0646. The third kappa shape index (κ3) is 3.23. The van der Waals surface area contributed by atoms with Gasteiger partial charge in [0.2, 0.25) is 0 Å². The van der Waals surface area contributed by atoms with Crippen molar-refractivity contribution in [2.45, 2.75) is 47.5 Å². The lowest BCUT2D eigenvalue weighted by atomic mass is 9.74. The van der Waals surface area contributed by atoms with Gasteiger partial charge in [0.05, 0.1) is 5.57 Å². The molecule has 0 bridgehead atoms. The second kappa shape index (κ2) is 5.47. The molecule has 0 spiro atoms. The van der Waals surface area contributed by atoms with E-state index in [1.807, 2.05) is 32.9 Å². The number of anilines is 1. The summed E-state index contributed by atoms with van der Waals surface area (Å²) in [5.74, 6) is -0.129. The van der Waals surface area contributed by atoms with Crippen molar-refractivity contribution < 1.29 is 9.59 Å². The van der Waals surface area contributed by atoms with Gasteiger partial charge in [-0.15, -0.1) is 0 Å². The molecule has 1 aromatic rings. The lowest BCUT2D eigenvalue weighted by molar-refractivity contribution is -0.127. The van der Waals surface area contributed by atoms with Crippen LogP contribution in [-0.2, 0) is 9.59 Å². The summed E-state index contributed by atoms with van der Waals surface area (Å²) in [6, 6.07) is 4.02. The van der Waals surface area contributed by atoms with Crippen LogP contribution in [0.5, 0.6) is 0 Å². The van der Waals surface area contributed by atoms with Crippen LogP contribution in [0.4, 0.5) is 5.69 Å². The van der Waals surface area contributed by atoms with Gasteiger partial charge in [0.1, 0.15) is 0 Å². The Bertz CT molecular complexity index is 617. The molecular formula is C18H23NO2. The zero-order valence-electron chi connectivity index (χ0n) is 13.5. The zero-order chi connectivity index (χ0) is 15.8. The van der Waals surface area contributed by atoms with Crippen molar-refractivity contribution in [1.29, 1.82) is 0 Å². The van der Waals surface area contributed by atoms with Gasteiger partial charge in [-0.3, -0.25) is 9.59 Å². The average molecular weight is 285 g/mol. The molecule has 1 fully saturated rings. The largest absolute Gasteiger partial charge is 0.361 e. The van der Waals surface area contributed by atoms with Crippen LogP contribution >= 0.6 is 0 Å². The second-order valence-corrected chi connectivity index (χ2v) is 6.75. The first kappa shape index (κ1) is 15.5. The fourth-order valence-corrected chi connectivity index (χ4v) is 2.70. The highest BCUT2D eigenvalue weighted by molar-refractivity contribution is 6.22. The van der Waals surface area contributed by atoms with Gasteiger partial charge in [-0.25, -0.2) is 0 Å². The van der Waals surface area contributed by atoms with Crippen molar-refractivity contribution in [3.63, 3.8) is 0 Å². The van der Waals surface area contributed by atoms with Crippen molar-refractivity contribution in [2.24, 2.45) is 5.41 Å². The van der Waals surface area contributed by atoms with E-state index in [1.165, 1.54) is 11.1 Å². The van der Waals surface area contributed by atoms with Crippen LogP contribution in [0.25, 0.3) is 0 Å². The van der Waals surface area contributed by atoms with Gasteiger partial charge >= 0.3 is 0 Å². The Hall–Kier alpha value is -1.90. The van der Waals surface area contributed by atoms with Gasteiger partial charge in [-0.05, 0) is 48.9 Å². The van der Waals surface area contributed by atoms with E-state index in [4.69, 9.17) is 0 Å². The first-order valence-electron chi connectivity index (χ1n) is 7.31. The summed E-state index contributed by atoms with van der Waals surface area (Å²) < 4.78 is 0. The van der Waals surface area contributed by atoms with E-state index in [0.717, 1.165) is 11.3 Å². The highest BCUT2D eigenvalue weighted by Crippen LogP contribution is 2.33. The molecule has 0 unspecified atom stereocenters. The summed E-state index contributed by atoms with van der Waals surface area (Å²) in [6.07, 6.45) is 2.44. The second-order valence-electron chi connectivity index (χ2n) is 6.75. The molecule has 0 saturated heterocycles. The summed E-state index contributed by atoms with van der Waals surface area (Å²) in [5.41, 5.74) is 4.62. The smallest absolute Gasteiger partial charge is 0.168 e. The summed E-state index contributed by atoms with van der Waals surface area (Å²) in [7, 11) is 0. The minimum atomic E-state index is -0.220. The molecule has 1 N–H and O–H groups in total. The molecule has 1 aromatic carbocycles. The summed E-state index contributed by atoms with van der Waals surface area (Å²) in [6.45, 7) is 10.1. The molecule has 0 radical (unpaired) electrons. The van der Waals surface area contributed by atoms with E-state index in [9.17, 15) is 9.59 Å². The number of hydrogen-bond donors (Lipinski definition) is 1. The number of carbonyl (C=O) groups excluding carboxylic acids is 2. The van der Waals surface area contributed by atoms with Crippen molar-refractivity contribution >= 4 is 17.3 Å². The monoisotopic (exact) mass is 285 g/mol. The third-order valence-corrected chi connectivity index (χ3v) is 4.31. The van der Waals surface area contributed by atoms with Gasteiger partial charge < -0.3 is 5.32 Å². The highest BCUT2D eigenvalue weighted by Gasteiger charge is 2.35. The fourth-order valence-electron chi connectivity index (χ4n) is 2.70. The molecule has 2 rings (SSSR count). The first-order chi connectivity index (χ1) is 9.71. The van der Waals surface area contributed by atoms with E-state index in [1.54, 1.807) is 6.20 Å². The van der Waals surface area contributed by atoms with Gasteiger partial charge in [0, 0.05) is 24.7 Å². The fraction of sp³-hybridized carbons (Fsp3) is 0.444. The van der Waals surface area contributed by atoms with Crippen LogP contribution in [0.15, 0.2) is 23.9 Å². The Morgan fingerprint density at radius 1 is 1.00 bits per heavy atom. The normalized spacial score (nSPS) is 17.9. The lowest BCUT2D eigenvalue weighted by Gasteiger charge is -2.28. The van der Waals surface area contributed by atoms with Gasteiger partial charge in [0.15, 0.2) is 11.6 Å². The zero-order valence-corrected chi connectivity index (χ0v) is 13.5. The summed E-state index contributed by atoms with van der Waals surface area (Å²) in [5, 5.41) is 3.14. The molecule has 1 saturated carbocycles. The molecule has 21 heavy (non-hydrogen) atoms. The average Bonchev–Trinajstić information content (AvgIpc) is 2.36. The molecule has 1 aliphatic carbocycles. The number of allylic oxidation sites excluding steroid dienone is 1. The van der Waals surface area contributed by atoms with E-state index < -0.39 is 0 Å². The topological polar surface area (TPSA) is 46.2 Å². The summed E-state index contributed by atoms with van der Waals surface area (Å²) in [4.78, 5) is 24.2. The van der Waals surface area contributed by atoms with Crippen LogP contribution in [-0.4, -0.2) is 11.6 Å². The Morgan fingerprint density at radius 2 is 1.57 bits per heavy atom. The van der Waals surface area contributed by atoms with Crippen LogP contribution in [0, 0.1) is 26.2 Å². The summed E-state index contributed by atoms with van der Waals surface area (Å²) >= 11 is 0. The number of carbonyl (C=O) groups is 2. The number of nitrogens with one attached hydrogen (secondary N) is 1. The van der Waals surface area contributed by atoms with E-state index >= 15 is 0 Å². The number of rotatable bonds is 2. The minimum Gasteiger partial charge on any atom is -0.361 e. The van der Waals surface area contributed by atoms with Gasteiger partial charge in [0.25, 0.3) is 0 Å². The molecule has 0 aromatic heterocycles. The van der Waals surface area contributed by atoms with Gasteiger partial charge in [-0.1, -0.05) is 19.9 Å². The molecule has 0 heterocycles. The van der Waals surface area contributed by atoms with Crippen LogP contribution < -0.4 is 5.32 Å². The van der Waals surface area contributed by atoms with Crippen molar-refractivity contribution in [1.82, 2.24) is 0 Å². The number of aryl methyl sites for hydroxylation is 1. The quantitative estimate of drug-likeness (QED) is 0.663. The Morgan fingerprint density at radius 3 is 2.14 bits per heavy atom. The number of ketones is 2. The van der Waals surface area contributed by atoms with Crippen molar-refractivity contribution in [3.05, 3.63) is 40.6 Å². The molecule has 3 heteroatoms. The predicted octanol–water partition coefficient (Wildman–Crippen LogP) is 3.87. The maximum Gasteiger partial charge on any atom is 0.168 e. The van der Waals surface area contributed by atoms with Crippen molar-refractivity contribution in [3.8, 4) is 0 Å². The number of hydrogen-bond acceptors (Lipinski definition) is 3. The van der Waals surface area contributed by atoms with E-state index in [2.05, 4.69) is 19.2 Å². The molecule has 0 amide bonds. The Balaban J connectivity index is 2.24. The standard InChI is InChI=1S/C18H23NO2/c1-11-6-7-15(13(3)12(11)2)19-10-14-16(20)8-18(4,5)9-17(14)21/h6-7,10,19H,8-9H2,1-5H3. The SMILES string of the molecule is Cc1ccc(NC=C2C(=O)CC(C)(C)CC2=O)c(C)c1C. The molecule has 3 nitrogen and oxygen atoms in total. The predicted molar refractivity (Wildman–Crippen MR) is 85.4 cm³/mol. The first-order valence-corrected chi connectivity index (χ1v) is 7.31. The third-order valence-electron chi connectivity index (χ3n) is 4.31. The molecule has 1 aliphatic rings. The Kier molecular flexibility index (Phi) is 4.04. The molecule has 0 atom stereocenters. The van der Waals surface area contributed by atoms with E-state index in [0.29, 0.717) is 18.4 Å². The van der Waals surface area contributed by atoms with Crippen LogP contribution in [0.2, 0.25) is 0 Å². The molecule has 112 valence electrons. The number of benzene rings is 1. The maximum absolute atomic E-state index is 12.1. The lowest BCUT2D eigenvalue weighted by Crippen LogP contribution is -2.31. The molecule has 0 aliphatic heterocycles. The Labute approximate surface area is 126 Å². The maximum atomic E-state index is 12.1. The number of Topliss-reactive ketones (excluding diaryl/α,β-unsaturated/α-hetero) is 2. The van der Waals surface area contributed by atoms with Crippen molar-refractivity contribution in [2.75, 3.05) is 5.32 Å². The molecular weight excluding hydrogens is 262 g/mol. The highest BCUT2D eigenvalue weighted by atomic mass is 16.1. The van der Waals surface area contributed by atoms with E-state index in [-0.39, 0.29) is 17.0 Å². The van der Waals surface area contributed by atoms with Crippen LogP contribution in [0.3, 0.4) is 0 Å².